The Labute approximate surface area is 156 Å². The number of nitrogens with one attached hydrogen (secondary N) is 1. The van der Waals surface area contributed by atoms with Crippen LogP contribution in [-0.4, -0.2) is 38.0 Å². The van der Waals surface area contributed by atoms with Crippen molar-refractivity contribution in [2.45, 2.75) is 52.2 Å². The second-order valence-corrected chi connectivity index (χ2v) is 7.90. The zero-order valence-corrected chi connectivity index (χ0v) is 15.7. The summed E-state index contributed by atoms with van der Waals surface area (Å²) in [5.74, 6) is 0.405. The van der Waals surface area contributed by atoms with Gasteiger partial charge < -0.3 is 10.2 Å². The molecule has 138 valence electrons. The van der Waals surface area contributed by atoms with E-state index in [0.717, 1.165) is 49.4 Å². The van der Waals surface area contributed by atoms with E-state index in [0.29, 0.717) is 23.9 Å². The Balaban J connectivity index is 1.40. The number of aryl methyl sites for hydroxylation is 2. The minimum Gasteiger partial charge on any atom is -0.346 e. The second kappa shape index (κ2) is 7.19. The van der Waals surface area contributed by atoms with Crippen LogP contribution < -0.4 is 5.32 Å². The van der Waals surface area contributed by atoms with Gasteiger partial charge in [0.1, 0.15) is 4.88 Å². The van der Waals surface area contributed by atoms with Gasteiger partial charge in [0.2, 0.25) is 5.91 Å². The number of carbonyl (C=O) groups excluding carboxylic acids is 2. The monoisotopic (exact) mass is 373 g/mol. The highest BCUT2D eigenvalue weighted by Gasteiger charge is 2.30. The SMILES string of the molecule is Cc1ncsc1C(=O)NCc1cc2n(n1)CCCN(C(=O)C1CCC1)C2. The third kappa shape index (κ3) is 3.38. The van der Waals surface area contributed by atoms with Gasteiger partial charge in [0, 0.05) is 19.0 Å². The Bertz CT molecular complexity index is 823. The molecule has 26 heavy (non-hydrogen) atoms. The lowest BCUT2D eigenvalue weighted by molar-refractivity contribution is -0.138. The van der Waals surface area contributed by atoms with Gasteiger partial charge in [-0.2, -0.15) is 5.10 Å². The third-order valence-electron chi connectivity index (χ3n) is 5.21. The summed E-state index contributed by atoms with van der Waals surface area (Å²) in [7, 11) is 0. The van der Waals surface area contributed by atoms with E-state index in [9.17, 15) is 9.59 Å². The lowest BCUT2D eigenvalue weighted by Gasteiger charge is -2.30. The summed E-state index contributed by atoms with van der Waals surface area (Å²) < 4.78 is 1.98. The molecule has 0 saturated heterocycles. The third-order valence-corrected chi connectivity index (χ3v) is 6.14. The van der Waals surface area contributed by atoms with E-state index in [4.69, 9.17) is 0 Å². The zero-order valence-electron chi connectivity index (χ0n) is 14.9. The summed E-state index contributed by atoms with van der Waals surface area (Å²) in [5, 5.41) is 7.52. The molecule has 0 aromatic carbocycles. The number of aromatic nitrogens is 3. The maximum absolute atomic E-state index is 12.6. The van der Waals surface area contributed by atoms with Crippen molar-refractivity contribution in [2.24, 2.45) is 5.92 Å². The summed E-state index contributed by atoms with van der Waals surface area (Å²) in [4.78, 5) is 31.5. The Kier molecular flexibility index (Phi) is 4.76. The van der Waals surface area contributed by atoms with Gasteiger partial charge in [-0.05, 0) is 32.3 Å². The molecule has 3 heterocycles. The topological polar surface area (TPSA) is 80.1 Å². The van der Waals surface area contributed by atoms with Crippen molar-refractivity contribution in [3.8, 4) is 0 Å². The van der Waals surface area contributed by atoms with Crippen LogP contribution in [0.5, 0.6) is 0 Å². The van der Waals surface area contributed by atoms with Gasteiger partial charge in [-0.3, -0.25) is 14.3 Å². The Morgan fingerprint density at radius 1 is 1.31 bits per heavy atom. The van der Waals surface area contributed by atoms with Crippen molar-refractivity contribution < 1.29 is 9.59 Å². The van der Waals surface area contributed by atoms with Crippen molar-refractivity contribution >= 4 is 23.2 Å². The fourth-order valence-electron chi connectivity index (χ4n) is 3.48. The van der Waals surface area contributed by atoms with Gasteiger partial charge in [-0.1, -0.05) is 6.42 Å². The molecular weight excluding hydrogens is 350 g/mol. The molecule has 1 N–H and O–H groups in total. The summed E-state index contributed by atoms with van der Waals surface area (Å²) in [5.41, 5.74) is 4.30. The number of nitrogens with zero attached hydrogens (tertiary/aromatic N) is 4. The largest absolute Gasteiger partial charge is 0.346 e. The molecule has 7 nitrogen and oxygen atoms in total. The molecule has 1 aliphatic heterocycles. The Morgan fingerprint density at radius 2 is 2.15 bits per heavy atom. The second-order valence-electron chi connectivity index (χ2n) is 7.04. The first-order chi connectivity index (χ1) is 12.6. The van der Waals surface area contributed by atoms with E-state index in [-0.39, 0.29) is 11.8 Å². The van der Waals surface area contributed by atoms with E-state index < -0.39 is 0 Å². The average Bonchev–Trinajstić information content (AvgIpc) is 3.11. The van der Waals surface area contributed by atoms with Gasteiger partial charge in [0.05, 0.1) is 35.7 Å². The highest BCUT2D eigenvalue weighted by atomic mass is 32.1. The van der Waals surface area contributed by atoms with Crippen LogP contribution in [0.25, 0.3) is 0 Å². The van der Waals surface area contributed by atoms with Crippen LogP contribution in [0.2, 0.25) is 0 Å². The van der Waals surface area contributed by atoms with Crippen molar-refractivity contribution in [1.82, 2.24) is 25.0 Å². The van der Waals surface area contributed by atoms with Crippen molar-refractivity contribution in [2.75, 3.05) is 6.54 Å². The first-order valence-electron chi connectivity index (χ1n) is 9.14. The number of carbonyl (C=O) groups is 2. The molecule has 1 fully saturated rings. The molecule has 1 saturated carbocycles. The summed E-state index contributed by atoms with van der Waals surface area (Å²) in [6.45, 7) is 4.44. The normalized spacial score (nSPS) is 17.3. The number of amides is 2. The van der Waals surface area contributed by atoms with E-state index in [1.165, 1.54) is 17.8 Å². The van der Waals surface area contributed by atoms with Gasteiger partial charge in [0.25, 0.3) is 5.91 Å². The predicted octanol–water partition coefficient (Wildman–Crippen LogP) is 2.11. The average molecular weight is 373 g/mol. The molecule has 0 bridgehead atoms. The van der Waals surface area contributed by atoms with E-state index in [1.807, 2.05) is 22.6 Å². The zero-order chi connectivity index (χ0) is 18.1. The van der Waals surface area contributed by atoms with E-state index in [1.54, 1.807) is 5.51 Å². The van der Waals surface area contributed by atoms with Crippen LogP contribution in [0, 0.1) is 12.8 Å². The van der Waals surface area contributed by atoms with Gasteiger partial charge >= 0.3 is 0 Å². The predicted molar refractivity (Wildman–Crippen MR) is 97.6 cm³/mol. The van der Waals surface area contributed by atoms with Gasteiger partial charge in [-0.25, -0.2) is 4.98 Å². The first-order valence-corrected chi connectivity index (χ1v) is 10.0. The highest BCUT2D eigenvalue weighted by molar-refractivity contribution is 7.11. The molecule has 2 aromatic heterocycles. The quantitative estimate of drug-likeness (QED) is 0.890. The summed E-state index contributed by atoms with van der Waals surface area (Å²) >= 11 is 1.34. The molecule has 2 amide bonds. The number of rotatable bonds is 4. The van der Waals surface area contributed by atoms with Gasteiger partial charge in [-0.15, -0.1) is 11.3 Å². The minimum absolute atomic E-state index is 0.116. The Hall–Kier alpha value is -2.22. The molecule has 1 aliphatic carbocycles. The maximum Gasteiger partial charge on any atom is 0.263 e. The molecule has 4 rings (SSSR count). The molecule has 0 unspecified atom stereocenters. The van der Waals surface area contributed by atoms with Crippen molar-refractivity contribution in [1.29, 1.82) is 0 Å². The van der Waals surface area contributed by atoms with Crippen LogP contribution in [0.3, 0.4) is 0 Å². The van der Waals surface area contributed by atoms with Crippen LogP contribution in [0.4, 0.5) is 0 Å². The first kappa shape index (κ1) is 17.2. The fraction of sp³-hybridized carbons (Fsp3) is 0.556. The van der Waals surface area contributed by atoms with Crippen LogP contribution in [0.15, 0.2) is 11.6 Å². The maximum atomic E-state index is 12.6. The molecule has 0 spiro atoms. The number of hydrogen-bond acceptors (Lipinski definition) is 5. The molecule has 2 aromatic rings. The molecule has 0 atom stereocenters. The van der Waals surface area contributed by atoms with Crippen molar-refractivity contribution in [3.63, 3.8) is 0 Å². The van der Waals surface area contributed by atoms with Crippen LogP contribution in [0.1, 0.15) is 52.4 Å². The van der Waals surface area contributed by atoms with E-state index >= 15 is 0 Å². The van der Waals surface area contributed by atoms with Crippen LogP contribution in [-0.2, 0) is 24.4 Å². The van der Waals surface area contributed by atoms with Crippen molar-refractivity contribution in [3.05, 3.63) is 33.5 Å². The number of hydrogen-bond donors (Lipinski definition) is 1. The fourth-order valence-corrected chi connectivity index (χ4v) is 4.20. The van der Waals surface area contributed by atoms with E-state index in [2.05, 4.69) is 15.4 Å². The number of fused-ring (bicyclic) bond motifs is 1. The number of thiazole rings is 1. The lowest BCUT2D eigenvalue weighted by atomic mass is 9.84. The Morgan fingerprint density at radius 3 is 2.85 bits per heavy atom. The van der Waals surface area contributed by atoms with Gasteiger partial charge in [0.15, 0.2) is 0 Å². The smallest absolute Gasteiger partial charge is 0.263 e. The van der Waals surface area contributed by atoms with Crippen LogP contribution >= 0.6 is 11.3 Å². The minimum atomic E-state index is -0.116. The molecule has 8 heteroatoms. The molecule has 0 radical (unpaired) electrons. The summed E-state index contributed by atoms with van der Waals surface area (Å²) in [6, 6.07) is 2.01. The molecular formula is C18H23N5O2S. The standard InChI is InChI=1S/C18H23N5O2S/c1-12-16(26-11-20-12)17(24)19-9-14-8-15-10-22(6-3-7-23(15)21-14)18(25)13-4-2-5-13/h8,11,13H,2-7,9-10H2,1H3,(H,19,24). The molecule has 2 aliphatic rings. The summed E-state index contributed by atoms with van der Waals surface area (Å²) in [6.07, 6.45) is 4.15. The highest BCUT2D eigenvalue weighted by Crippen LogP contribution is 2.29. The lowest BCUT2D eigenvalue weighted by Crippen LogP contribution is -2.38.